The SMILES string of the molecule is CC(C)[C@@H]1CC[C@@H](C)CC(=O)N2C[C@H]3C[C@H](CN(C(=O)c4cscn4)C3)[C@@H]2CCCC(=O)N1. The van der Waals surface area contributed by atoms with E-state index in [-0.39, 0.29) is 35.7 Å². The van der Waals surface area contributed by atoms with E-state index in [1.54, 1.807) is 5.51 Å². The minimum absolute atomic E-state index is 0.00287. The number of hydrogen-bond acceptors (Lipinski definition) is 5. The summed E-state index contributed by atoms with van der Waals surface area (Å²) in [6, 6.07) is 0.268. The fourth-order valence-corrected chi connectivity index (χ4v) is 6.48. The highest BCUT2D eigenvalue weighted by molar-refractivity contribution is 7.07. The molecule has 0 saturated carbocycles. The molecule has 0 radical (unpaired) electrons. The van der Waals surface area contributed by atoms with Crippen LogP contribution in [0.4, 0.5) is 0 Å². The third kappa shape index (κ3) is 5.76. The number of likely N-dealkylation sites (tertiary alicyclic amines) is 1. The maximum Gasteiger partial charge on any atom is 0.273 e. The third-order valence-corrected chi connectivity index (χ3v) is 8.36. The molecule has 7 nitrogen and oxygen atoms in total. The van der Waals surface area contributed by atoms with Crippen LogP contribution in [0.5, 0.6) is 0 Å². The Morgan fingerprint density at radius 3 is 2.73 bits per heavy atom. The fraction of sp³-hybridized carbons (Fsp3) is 0.760. The highest BCUT2D eigenvalue weighted by atomic mass is 32.1. The molecule has 1 aromatic heterocycles. The van der Waals surface area contributed by atoms with E-state index >= 15 is 0 Å². The molecule has 3 amide bonds. The Balaban J connectivity index is 1.50. The number of hydrogen-bond donors (Lipinski definition) is 1. The molecule has 0 aliphatic carbocycles. The molecule has 182 valence electrons. The number of amides is 3. The summed E-state index contributed by atoms with van der Waals surface area (Å²) in [5.74, 6) is 1.62. The highest BCUT2D eigenvalue weighted by Crippen LogP contribution is 2.37. The predicted molar refractivity (Wildman–Crippen MR) is 129 cm³/mol. The van der Waals surface area contributed by atoms with Crippen molar-refractivity contribution in [2.24, 2.45) is 23.7 Å². The largest absolute Gasteiger partial charge is 0.353 e. The number of aromatic nitrogens is 1. The van der Waals surface area contributed by atoms with Crippen LogP contribution in [0.15, 0.2) is 10.9 Å². The van der Waals surface area contributed by atoms with Crippen molar-refractivity contribution in [3.63, 3.8) is 0 Å². The van der Waals surface area contributed by atoms with E-state index in [1.807, 2.05) is 10.3 Å². The molecule has 1 N–H and O–H groups in total. The number of piperidine rings is 2. The molecular weight excluding hydrogens is 436 g/mol. The van der Waals surface area contributed by atoms with E-state index < -0.39 is 0 Å². The first-order valence-corrected chi connectivity index (χ1v) is 13.5. The second-order valence-corrected chi connectivity index (χ2v) is 11.5. The average molecular weight is 475 g/mol. The molecule has 4 rings (SSSR count). The summed E-state index contributed by atoms with van der Waals surface area (Å²) < 4.78 is 0. The Labute approximate surface area is 201 Å². The van der Waals surface area contributed by atoms with E-state index in [0.29, 0.717) is 55.9 Å². The number of rotatable bonds is 2. The maximum atomic E-state index is 13.4. The zero-order chi connectivity index (χ0) is 23.5. The van der Waals surface area contributed by atoms with Gasteiger partial charge in [0.15, 0.2) is 0 Å². The molecule has 0 spiro atoms. The van der Waals surface area contributed by atoms with Gasteiger partial charge in [-0.15, -0.1) is 11.3 Å². The summed E-state index contributed by atoms with van der Waals surface area (Å²) in [5, 5.41) is 5.05. The summed E-state index contributed by atoms with van der Waals surface area (Å²) in [5.41, 5.74) is 2.22. The van der Waals surface area contributed by atoms with Crippen LogP contribution in [-0.2, 0) is 9.59 Å². The lowest BCUT2D eigenvalue weighted by atomic mass is 9.77. The average Bonchev–Trinajstić information content (AvgIpc) is 3.31. The van der Waals surface area contributed by atoms with Crippen LogP contribution >= 0.6 is 11.3 Å². The van der Waals surface area contributed by atoms with Crippen molar-refractivity contribution in [2.75, 3.05) is 19.6 Å². The van der Waals surface area contributed by atoms with Crippen LogP contribution in [0.3, 0.4) is 0 Å². The van der Waals surface area contributed by atoms with Crippen molar-refractivity contribution in [1.29, 1.82) is 0 Å². The van der Waals surface area contributed by atoms with E-state index in [2.05, 4.69) is 36.0 Å². The van der Waals surface area contributed by atoms with Gasteiger partial charge in [-0.1, -0.05) is 20.8 Å². The van der Waals surface area contributed by atoms with Gasteiger partial charge in [-0.05, 0) is 55.8 Å². The van der Waals surface area contributed by atoms with E-state index in [1.165, 1.54) is 11.3 Å². The number of nitrogens with zero attached hydrogens (tertiary/aromatic N) is 3. The van der Waals surface area contributed by atoms with E-state index in [9.17, 15) is 14.4 Å². The molecule has 3 aliphatic heterocycles. The molecular formula is C25H38N4O3S. The minimum Gasteiger partial charge on any atom is -0.353 e. The Kier molecular flexibility index (Phi) is 7.72. The van der Waals surface area contributed by atoms with Crippen molar-refractivity contribution in [2.45, 2.75) is 77.8 Å². The first kappa shape index (κ1) is 24.2. The van der Waals surface area contributed by atoms with Crippen LogP contribution < -0.4 is 5.32 Å². The molecule has 4 heterocycles. The van der Waals surface area contributed by atoms with Crippen molar-refractivity contribution in [3.05, 3.63) is 16.6 Å². The molecule has 2 bridgehead atoms. The number of carbonyl (C=O) groups excluding carboxylic acids is 3. The smallest absolute Gasteiger partial charge is 0.273 e. The van der Waals surface area contributed by atoms with Crippen molar-refractivity contribution in [3.8, 4) is 0 Å². The molecule has 0 aromatic carbocycles. The Bertz CT molecular complexity index is 843. The fourth-order valence-electron chi connectivity index (χ4n) is 5.95. The van der Waals surface area contributed by atoms with Gasteiger partial charge in [0.2, 0.25) is 11.8 Å². The summed E-state index contributed by atoms with van der Waals surface area (Å²) in [6.07, 6.45) is 5.55. The summed E-state index contributed by atoms with van der Waals surface area (Å²) in [7, 11) is 0. The third-order valence-electron chi connectivity index (χ3n) is 7.78. The zero-order valence-electron chi connectivity index (χ0n) is 20.2. The lowest BCUT2D eigenvalue weighted by Crippen LogP contribution is -2.60. The first-order valence-electron chi connectivity index (χ1n) is 12.6. The maximum absolute atomic E-state index is 13.4. The van der Waals surface area contributed by atoms with Crippen LogP contribution in [-0.4, -0.2) is 64.2 Å². The van der Waals surface area contributed by atoms with Crippen LogP contribution in [0.1, 0.15) is 76.2 Å². The predicted octanol–water partition coefficient (Wildman–Crippen LogP) is 3.56. The van der Waals surface area contributed by atoms with Crippen LogP contribution in [0.25, 0.3) is 0 Å². The van der Waals surface area contributed by atoms with Gasteiger partial charge < -0.3 is 15.1 Å². The Morgan fingerprint density at radius 1 is 1.18 bits per heavy atom. The number of carbonyl (C=O) groups is 3. The second kappa shape index (κ2) is 10.5. The number of nitrogens with one attached hydrogen (secondary N) is 1. The quantitative estimate of drug-likeness (QED) is 0.710. The molecule has 3 saturated heterocycles. The van der Waals surface area contributed by atoms with Gasteiger partial charge in [0.05, 0.1) is 5.51 Å². The van der Waals surface area contributed by atoms with Crippen LogP contribution in [0.2, 0.25) is 0 Å². The summed E-state index contributed by atoms with van der Waals surface area (Å²) in [4.78, 5) is 47.3. The first-order chi connectivity index (χ1) is 15.8. The topological polar surface area (TPSA) is 82.6 Å². The zero-order valence-corrected chi connectivity index (χ0v) is 21.0. The van der Waals surface area contributed by atoms with Crippen LogP contribution in [0, 0.1) is 23.7 Å². The molecule has 33 heavy (non-hydrogen) atoms. The van der Waals surface area contributed by atoms with Gasteiger partial charge in [-0.3, -0.25) is 14.4 Å². The second-order valence-electron chi connectivity index (χ2n) is 10.8. The molecule has 1 aromatic rings. The van der Waals surface area contributed by atoms with Gasteiger partial charge in [0.1, 0.15) is 5.69 Å². The van der Waals surface area contributed by atoms with Gasteiger partial charge in [-0.2, -0.15) is 0 Å². The van der Waals surface area contributed by atoms with Gasteiger partial charge >= 0.3 is 0 Å². The normalized spacial score (nSPS) is 31.8. The molecule has 8 heteroatoms. The lowest BCUT2D eigenvalue weighted by Gasteiger charge is -2.51. The Hall–Kier alpha value is -1.96. The summed E-state index contributed by atoms with van der Waals surface area (Å²) >= 11 is 1.44. The van der Waals surface area contributed by atoms with E-state index in [0.717, 1.165) is 32.1 Å². The van der Waals surface area contributed by atoms with Crippen molar-refractivity contribution in [1.82, 2.24) is 20.1 Å². The minimum atomic E-state index is 0.00287. The molecule has 3 aliphatic rings. The number of thiazole rings is 1. The van der Waals surface area contributed by atoms with Gasteiger partial charge in [0, 0.05) is 49.9 Å². The van der Waals surface area contributed by atoms with Crippen molar-refractivity contribution >= 4 is 29.1 Å². The van der Waals surface area contributed by atoms with Gasteiger partial charge in [-0.25, -0.2) is 4.98 Å². The molecule has 0 unspecified atom stereocenters. The standard InChI is InChI=1S/C25H38N4O3S/c1-16(2)20-8-7-17(3)9-24(31)29-12-18-10-19(22(29)5-4-6-23(30)27-20)13-28(11-18)25(32)21-14-33-15-26-21/h14-20,22H,4-13H2,1-3H3,(H,27,30)/t17-,18+,19-,20+,22+/m1/s1. The molecule has 3 fully saturated rings. The van der Waals surface area contributed by atoms with Crippen molar-refractivity contribution < 1.29 is 14.4 Å². The van der Waals surface area contributed by atoms with Gasteiger partial charge in [0.25, 0.3) is 5.91 Å². The highest BCUT2D eigenvalue weighted by Gasteiger charge is 2.44. The number of fused-ring (bicyclic) bond motifs is 4. The van der Waals surface area contributed by atoms with E-state index in [4.69, 9.17) is 0 Å². The Morgan fingerprint density at radius 2 is 2.00 bits per heavy atom. The molecule has 5 atom stereocenters. The summed E-state index contributed by atoms with van der Waals surface area (Å²) in [6.45, 7) is 8.53. The lowest BCUT2D eigenvalue weighted by molar-refractivity contribution is -0.141. The monoisotopic (exact) mass is 474 g/mol.